The number of nitrogens with one attached hydrogen (secondary N) is 1. The molecule has 2 atom stereocenters. The van der Waals surface area contributed by atoms with Crippen molar-refractivity contribution >= 4 is 27.6 Å². The van der Waals surface area contributed by atoms with Crippen molar-refractivity contribution in [1.29, 1.82) is 0 Å². The second-order valence-corrected chi connectivity index (χ2v) is 7.55. The van der Waals surface area contributed by atoms with E-state index in [0.717, 1.165) is 6.26 Å². The third-order valence-electron chi connectivity index (χ3n) is 3.10. The van der Waals surface area contributed by atoms with E-state index in [0.29, 0.717) is 5.56 Å². The number of carbonyl (C=O) groups is 3. The number of amides is 2. The van der Waals surface area contributed by atoms with Crippen molar-refractivity contribution in [1.82, 2.24) is 5.32 Å². The minimum atomic E-state index is -3.35. The standard InChI is InChI=1S/C15H20N2O6S/c1-10(13(16)18)23-15(20)12(8-9-24(2,21)22)17-14(19)11-6-4-3-5-7-11/h3-7,10,12H,8-9H2,1-2H3,(H2,16,18)(H,17,19)/t10-,12-/m0/s1. The van der Waals surface area contributed by atoms with E-state index in [4.69, 9.17) is 10.5 Å². The van der Waals surface area contributed by atoms with Crippen LogP contribution in [0.15, 0.2) is 30.3 Å². The first-order valence-electron chi connectivity index (χ1n) is 7.13. The molecule has 0 saturated carbocycles. The van der Waals surface area contributed by atoms with Gasteiger partial charge in [0, 0.05) is 11.8 Å². The summed E-state index contributed by atoms with van der Waals surface area (Å²) in [5.74, 6) is -2.65. The summed E-state index contributed by atoms with van der Waals surface area (Å²) in [5.41, 5.74) is 5.32. The van der Waals surface area contributed by atoms with Crippen molar-refractivity contribution in [2.24, 2.45) is 5.73 Å². The number of ether oxygens (including phenoxy) is 1. The second kappa shape index (κ2) is 8.44. The molecule has 0 heterocycles. The van der Waals surface area contributed by atoms with Crippen LogP contribution >= 0.6 is 0 Å². The number of primary amides is 1. The molecule has 0 spiro atoms. The maximum Gasteiger partial charge on any atom is 0.329 e. The average molecular weight is 356 g/mol. The van der Waals surface area contributed by atoms with Crippen LogP contribution in [0.2, 0.25) is 0 Å². The number of sulfone groups is 1. The summed E-state index contributed by atoms with van der Waals surface area (Å²) in [6.45, 7) is 1.28. The Bertz CT molecular complexity index is 702. The highest BCUT2D eigenvalue weighted by atomic mass is 32.2. The predicted octanol–water partition coefficient (Wildman–Crippen LogP) is -0.363. The lowest BCUT2D eigenvalue weighted by Gasteiger charge is -2.19. The number of carbonyl (C=O) groups excluding carboxylic acids is 3. The molecule has 0 saturated heterocycles. The number of nitrogens with two attached hydrogens (primary N) is 1. The number of rotatable bonds is 8. The fraction of sp³-hybridized carbons (Fsp3) is 0.400. The van der Waals surface area contributed by atoms with Crippen molar-refractivity contribution in [2.45, 2.75) is 25.5 Å². The lowest BCUT2D eigenvalue weighted by Crippen LogP contribution is -2.45. The summed E-state index contributed by atoms with van der Waals surface area (Å²) in [6.07, 6.45) is -0.353. The van der Waals surface area contributed by atoms with Crippen molar-refractivity contribution in [3.63, 3.8) is 0 Å². The van der Waals surface area contributed by atoms with Gasteiger partial charge in [-0.2, -0.15) is 0 Å². The van der Waals surface area contributed by atoms with Crippen molar-refractivity contribution in [2.75, 3.05) is 12.0 Å². The maximum atomic E-state index is 12.1. The molecule has 8 nitrogen and oxygen atoms in total. The van der Waals surface area contributed by atoms with Gasteiger partial charge in [-0.1, -0.05) is 18.2 Å². The Hall–Kier alpha value is -2.42. The quantitative estimate of drug-likeness (QED) is 0.611. The Morgan fingerprint density at radius 1 is 1.21 bits per heavy atom. The van der Waals surface area contributed by atoms with E-state index in [9.17, 15) is 22.8 Å². The molecule has 24 heavy (non-hydrogen) atoms. The number of esters is 1. The maximum absolute atomic E-state index is 12.1. The van der Waals surface area contributed by atoms with Gasteiger partial charge in [0.15, 0.2) is 6.10 Å². The van der Waals surface area contributed by atoms with Crippen molar-refractivity contribution < 1.29 is 27.5 Å². The largest absolute Gasteiger partial charge is 0.451 e. The zero-order valence-corrected chi connectivity index (χ0v) is 14.2. The van der Waals surface area contributed by atoms with E-state index in [1.165, 1.54) is 6.92 Å². The molecule has 0 radical (unpaired) electrons. The highest BCUT2D eigenvalue weighted by molar-refractivity contribution is 7.90. The fourth-order valence-electron chi connectivity index (χ4n) is 1.73. The molecule has 1 rings (SSSR count). The lowest BCUT2D eigenvalue weighted by molar-refractivity contribution is -0.155. The lowest BCUT2D eigenvalue weighted by atomic mass is 10.1. The zero-order valence-electron chi connectivity index (χ0n) is 13.4. The number of hydrogen-bond acceptors (Lipinski definition) is 6. The Balaban J connectivity index is 2.86. The Morgan fingerprint density at radius 3 is 2.29 bits per heavy atom. The monoisotopic (exact) mass is 356 g/mol. The molecule has 1 aromatic rings. The molecular weight excluding hydrogens is 336 g/mol. The minimum absolute atomic E-state index is 0.179. The van der Waals surface area contributed by atoms with E-state index in [1.54, 1.807) is 30.3 Å². The topological polar surface area (TPSA) is 133 Å². The van der Waals surface area contributed by atoms with E-state index in [-0.39, 0.29) is 12.2 Å². The van der Waals surface area contributed by atoms with Crippen LogP contribution < -0.4 is 11.1 Å². The Kier molecular flexibility index (Phi) is 6.90. The van der Waals surface area contributed by atoms with Gasteiger partial charge in [-0.05, 0) is 25.5 Å². The van der Waals surface area contributed by atoms with Gasteiger partial charge in [0.2, 0.25) is 0 Å². The van der Waals surface area contributed by atoms with Crippen LogP contribution in [-0.4, -0.2) is 50.4 Å². The van der Waals surface area contributed by atoms with Gasteiger partial charge >= 0.3 is 5.97 Å². The molecule has 132 valence electrons. The Labute approximate surface area is 140 Å². The van der Waals surface area contributed by atoms with Crippen molar-refractivity contribution in [3.8, 4) is 0 Å². The van der Waals surface area contributed by atoms with Crippen LogP contribution in [-0.2, 0) is 24.2 Å². The van der Waals surface area contributed by atoms with E-state index < -0.39 is 39.8 Å². The van der Waals surface area contributed by atoms with Gasteiger partial charge in [-0.15, -0.1) is 0 Å². The summed E-state index contributed by atoms with van der Waals surface area (Å²) in [5, 5.41) is 2.42. The SMILES string of the molecule is C[C@H](OC(=O)[C@H](CCS(C)(=O)=O)NC(=O)c1ccccc1)C(N)=O. The summed E-state index contributed by atoms with van der Waals surface area (Å²) >= 11 is 0. The van der Waals surface area contributed by atoms with Gasteiger partial charge in [0.05, 0.1) is 5.75 Å². The minimum Gasteiger partial charge on any atom is -0.451 e. The number of hydrogen-bond donors (Lipinski definition) is 2. The van der Waals surface area contributed by atoms with Crippen molar-refractivity contribution in [3.05, 3.63) is 35.9 Å². The Morgan fingerprint density at radius 2 is 1.79 bits per heavy atom. The third-order valence-corrected chi connectivity index (χ3v) is 4.07. The van der Waals surface area contributed by atoms with Crippen LogP contribution in [0.5, 0.6) is 0 Å². The summed E-state index contributed by atoms with van der Waals surface area (Å²) in [4.78, 5) is 35.2. The molecule has 1 aromatic carbocycles. The van der Waals surface area contributed by atoms with Crippen LogP contribution in [0.4, 0.5) is 0 Å². The van der Waals surface area contributed by atoms with Crippen LogP contribution in [0.3, 0.4) is 0 Å². The summed E-state index contributed by atoms with van der Waals surface area (Å²) < 4.78 is 27.5. The van der Waals surface area contributed by atoms with Gasteiger partial charge < -0.3 is 15.8 Å². The first kappa shape index (κ1) is 19.6. The molecule has 2 amide bonds. The van der Waals surface area contributed by atoms with Gasteiger partial charge in [-0.25, -0.2) is 13.2 Å². The normalized spacial score (nSPS) is 13.6. The zero-order chi connectivity index (χ0) is 18.3. The van der Waals surface area contributed by atoms with Crippen LogP contribution in [0.25, 0.3) is 0 Å². The molecule has 0 aliphatic carbocycles. The van der Waals surface area contributed by atoms with Crippen LogP contribution in [0.1, 0.15) is 23.7 Å². The molecule has 0 unspecified atom stereocenters. The molecule has 0 aliphatic heterocycles. The van der Waals surface area contributed by atoms with Crippen LogP contribution in [0, 0.1) is 0 Å². The molecular formula is C15H20N2O6S. The molecule has 3 N–H and O–H groups in total. The average Bonchev–Trinajstić information content (AvgIpc) is 2.50. The highest BCUT2D eigenvalue weighted by Crippen LogP contribution is 2.05. The van der Waals surface area contributed by atoms with E-state index in [1.807, 2.05) is 0 Å². The first-order chi connectivity index (χ1) is 11.1. The first-order valence-corrected chi connectivity index (χ1v) is 9.19. The van der Waals surface area contributed by atoms with Gasteiger partial charge in [-0.3, -0.25) is 9.59 Å². The molecule has 0 fully saturated rings. The smallest absolute Gasteiger partial charge is 0.329 e. The van der Waals surface area contributed by atoms with Gasteiger partial charge in [0.1, 0.15) is 15.9 Å². The predicted molar refractivity (Wildman–Crippen MR) is 86.8 cm³/mol. The number of benzene rings is 1. The molecule has 0 aromatic heterocycles. The fourth-order valence-corrected chi connectivity index (χ4v) is 2.39. The van der Waals surface area contributed by atoms with E-state index in [2.05, 4.69) is 5.32 Å². The summed E-state index contributed by atoms with van der Waals surface area (Å²) in [6, 6.07) is 6.89. The van der Waals surface area contributed by atoms with E-state index >= 15 is 0 Å². The van der Waals surface area contributed by atoms with Gasteiger partial charge in [0.25, 0.3) is 11.8 Å². The molecule has 0 aliphatic rings. The molecule has 9 heteroatoms. The molecule has 0 bridgehead atoms. The summed E-state index contributed by atoms with van der Waals surface area (Å²) in [7, 11) is -3.35. The highest BCUT2D eigenvalue weighted by Gasteiger charge is 2.27. The third kappa shape index (κ3) is 6.78. The second-order valence-electron chi connectivity index (χ2n) is 5.29.